The molecule has 0 atom stereocenters. The second kappa shape index (κ2) is 13.6. The molecule has 1 fully saturated rings. The zero-order valence-corrected chi connectivity index (χ0v) is 23.1. The summed E-state index contributed by atoms with van der Waals surface area (Å²) in [7, 11) is -4.12. The summed E-state index contributed by atoms with van der Waals surface area (Å²) < 4.78 is 75.2. The number of carbonyl (C=O) groups excluding carboxylic acids is 2. The van der Waals surface area contributed by atoms with Gasteiger partial charge < -0.3 is 25.4 Å². The number of rotatable bonds is 11. The number of nitrogens with one attached hydrogen (secondary N) is 4. The second-order valence-corrected chi connectivity index (χ2v) is 11.1. The van der Waals surface area contributed by atoms with E-state index in [2.05, 4.69) is 25.4 Å². The number of ether oxygens (including phenoxy) is 2. The zero-order chi connectivity index (χ0) is 30.2. The van der Waals surface area contributed by atoms with Crippen molar-refractivity contribution in [3.8, 4) is 17.2 Å². The van der Waals surface area contributed by atoms with Crippen molar-refractivity contribution in [3.05, 3.63) is 78.4 Å². The molecule has 4 N–H and O–H groups in total. The summed E-state index contributed by atoms with van der Waals surface area (Å²) in [6.45, 7) is 2.17. The number of benzene rings is 3. The Hall–Kier alpha value is -4.30. The summed E-state index contributed by atoms with van der Waals surface area (Å²) in [5.41, 5.74) is 0.243. The predicted octanol–water partition coefficient (Wildman–Crippen LogP) is 4.02. The molecule has 1 heterocycles. The van der Waals surface area contributed by atoms with Crippen molar-refractivity contribution >= 4 is 27.5 Å². The van der Waals surface area contributed by atoms with E-state index in [1.807, 2.05) is 0 Å². The highest BCUT2D eigenvalue weighted by atomic mass is 32.2. The van der Waals surface area contributed by atoms with Crippen molar-refractivity contribution in [1.82, 2.24) is 16.0 Å². The summed E-state index contributed by atoms with van der Waals surface area (Å²) >= 11 is 0. The molecular formula is C28H29F3N4O6S. The molecule has 3 aromatic rings. The summed E-state index contributed by atoms with van der Waals surface area (Å²) in [4.78, 5) is 24.4. The van der Waals surface area contributed by atoms with Crippen molar-refractivity contribution in [2.24, 2.45) is 5.92 Å². The molecule has 2 amide bonds. The number of anilines is 1. The maximum atomic E-state index is 13.0. The lowest BCUT2D eigenvalue weighted by Crippen LogP contribution is -2.40. The van der Waals surface area contributed by atoms with E-state index in [0.29, 0.717) is 12.5 Å². The monoisotopic (exact) mass is 606 g/mol. The third kappa shape index (κ3) is 9.11. The molecule has 0 spiro atoms. The Bertz CT molecular complexity index is 1480. The van der Waals surface area contributed by atoms with Gasteiger partial charge >= 0.3 is 6.36 Å². The van der Waals surface area contributed by atoms with Gasteiger partial charge in [-0.1, -0.05) is 12.1 Å². The van der Waals surface area contributed by atoms with Crippen molar-refractivity contribution in [2.75, 3.05) is 30.9 Å². The molecule has 0 aliphatic carbocycles. The zero-order valence-electron chi connectivity index (χ0n) is 22.2. The average molecular weight is 607 g/mol. The number of piperidine rings is 1. The molecule has 10 nitrogen and oxygen atoms in total. The van der Waals surface area contributed by atoms with Crippen molar-refractivity contribution in [2.45, 2.75) is 24.1 Å². The van der Waals surface area contributed by atoms with Gasteiger partial charge in [-0.3, -0.25) is 14.3 Å². The first kappa shape index (κ1) is 30.7. The SMILES string of the molecule is O=C(CNC(=O)c1ccc(S(=O)(=O)Nc2ccccc2Oc2ccc(OC(F)(F)F)cc2)cc1)NCC1CCNCC1. The Morgan fingerprint density at radius 2 is 1.52 bits per heavy atom. The first-order valence-electron chi connectivity index (χ1n) is 13.0. The van der Waals surface area contributed by atoms with Crippen LogP contribution in [-0.2, 0) is 14.8 Å². The van der Waals surface area contributed by atoms with Crippen molar-refractivity contribution < 1.29 is 40.7 Å². The summed E-state index contributed by atoms with van der Waals surface area (Å²) in [6, 6.07) is 15.9. The van der Waals surface area contributed by atoms with E-state index in [1.54, 1.807) is 12.1 Å². The highest BCUT2D eigenvalue weighted by Crippen LogP contribution is 2.32. The minimum Gasteiger partial charge on any atom is -0.455 e. The third-order valence-electron chi connectivity index (χ3n) is 6.30. The minimum atomic E-state index is -4.84. The van der Waals surface area contributed by atoms with Crippen LogP contribution >= 0.6 is 0 Å². The van der Waals surface area contributed by atoms with Crippen molar-refractivity contribution in [1.29, 1.82) is 0 Å². The maximum Gasteiger partial charge on any atom is 0.573 e. The van der Waals surface area contributed by atoms with Gasteiger partial charge in [-0.05, 0) is 92.5 Å². The summed E-state index contributed by atoms with van der Waals surface area (Å²) in [5, 5.41) is 8.59. The highest BCUT2D eigenvalue weighted by Gasteiger charge is 2.31. The number of hydrogen-bond acceptors (Lipinski definition) is 7. The van der Waals surface area contributed by atoms with Crippen LogP contribution in [0.2, 0.25) is 0 Å². The molecule has 14 heteroatoms. The van der Waals surface area contributed by atoms with Gasteiger partial charge in [-0.15, -0.1) is 13.2 Å². The number of carbonyl (C=O) groups is 2. The lowest BCUT2D eigenvalue weighted by molar-refractivity contribution is -0.274. The second-order valence-electron chi connectivity index (χ2n) is 9.43. The lowest BCUT2D eigenvalue weighted by Gasteiger charge is -2.22. The van der Waals surface area contributed by atoms with Gasteiger partial charge in [0.2, 0.25) is 5.91 Å². The largest absolute Gasteiger partial charge is 0.573 e. The van der Waals surface area contributed by atoms with E-state index < -0.39 is 28.0 Å². The van der Waals surface area contributed by atoms with Crippen LogP contribution < -0.4 is 30.1 Å². The summed E-state index contributed by atoms with van der Waals surface area (Å²) in [6.07, 6.45) is -2.88. The van der Waals surface area contributed by atoms with Gasteiger partial charge in [0.05, 0.1) is 17.1 Å². The van der Waals surface area contributed by atoms with E-state index in [1.165, 1.54) is 48.5 Å². The smallest absolute Gasteiger partial charge is 0.455 e. The first-order valence-corrected chi connectivity index (χ1v) is 14.5. The molecule has 1 saturated heterocycles. The molecule has 3 aromatic carbocycles. The fraction of sp³-hybridized carbons (Fsp3) is 0.286. The van der Waals surface area contributed by atoms with E-state index in [9.17, 15) is 31.2 Å². The van der Waals surface area contributed by atoms with Crippen LogP contribution in [0.15, 0.2) is 77.7 Å². The highest BCUT2D eigenvalue weighted by molar-refractivity contribution is 7.92. The molecule has 0 bridgehead atoms. The van der Waals surface area contributed by atoms with E-state index in [0.717, 1.165) is 38.1 Å². The van der Waals surface area contributed by atoms with Crippen molar-refractivity contribution in [3.63, 3.8) is 0 Å². The van der Waals surface area contributed by atoms with Crippen LogP contribution in [0.4, 0.5) is 18.9 Å². The molecule has 4 rings (SSSR count). The number of para-hydroxylation sites is 2. The quantitative estimate of drug-likeness (QED) is 0.259. The molecule has 0 radical (unpaired) electrons. The van der Waals surface area contributed by atoms with Crippen LogP contribution in [0.3, 0.4) is 0 Å². The van der Waals surface area contributed by atoms with Crippen LogP contribution in [0.5, 0.6) is 17.2 Å². The van der Waals surface area contributed by atoms with E-state index in [4.69, 9.17) is 4.74 Å². The first-order chi connectivity index (χ1) is 20.0. The number of hydrogen-bond donors (Lipinski definition) is 4. The fourth-order valence-electron chi connectivity index (χ4n) is 4.13. The van der Waals surface area contributed by atoms with Gasteiger partial charge in [0.1, 0.15) is 11.5 Å². The molecule has 224 valence electrons. The predicted molar refractivity (Wildman–Crippen MR) is 148 cm³/mol. The molecule has 0 aromatic heterocycles. The topological polar surface area (TPSA) is 135 Å². The minimum absolute atomic E-state index is 0.0745. The van der Waals surface area contributed by atoms with Gasteiger partial charge in [-0.2, -0.15) is 0 Å². The fourth-order valence-corrected chi connectivity index (χ4v) is 5.20. The molecule has 0 saturated carbocycles. The molecule has 1 aliphatic rings. The normalized spacial score (nSPS) is 14.1. The summed E-state index contributed by atoms with van der Waals surface area (Å²) in [5.74, 6) is -0.629. The van der Waals surface area contributed by atoms with Crippen LogP contribution in [0.1, 0.15) is 23.2 Å². The van der Waals surface area contributed by atoms with E-state index >= 15 is 0 Å². The third-order valence-corrected chi connectivity index (χ3v) is 7.68. The molecule has 0 unspecified atom stereocenters. The van der Waals surface area contributed by atoms with Gasteiger partial charge in [-0.25, -0.2) is 8.42 Å². The van der Waals surface area contributed by atoms with Gasteiger partial charge in [0.15, 0.2) is 5.75 Å². The Labute approximate surface area is 240 Å². The lowest BCUT2D eigenvalue weighted by atomic mass is 9.98. The average Bonchev–Trinajstić information content (AvgIpc) is 2.96. The number of sulfonamides is 1. The molecular weight excluding hydrogens is 577 g/mol. The van der Waals surface area contributed by atoms with Gasteiger partial charge in [0.25, 0.3) is 15.9 Å². The molecule has 1 aliphatic heterocycles. The Morgan fingerprint density at radius 1 is 0.881 bits per heavy atom. The maximum absolute atomic E-state index is 13.0. The Kier molecular flexibility index (Phi) is 9.91. The number of alkyl halides is 3. The Morgan fingerprint density at radius 3 is 2.19 bits per heavy atom. The van der Waals surface area contributed by atoms with Crippen LogP contribution in [0, 0.1) is 5.92 Å². The van der Waals surface area contributed by atoms with E-state index in [-0.39, 0.29) is 40.1 Å². The van der Waals surface area contributed by atoms with Crippen LogP contribution in [-0.4, -0.2) is 52.8 Å². The molecule has 42 heavy (non-hydrogen) atoms. The number of amides is 2. The number of halogens is 3. The Balaban J connectivity index is 1.33. The van der Waals surface area contributed by atoms with Crippen LogP contribution in [0.25, 0.3) is 0 Å². The standard InChI is InChI=1S/C28H29F3N4O6S/c29-28(30,31)41-22-9-7-21(8-10-22)40-25-4-2-1-3-24(25)35-42(38,39)23-11-5-20(6-12-23)27(37)34-18-26(36)33-17-19-13-15-32-16-14-19/h1-12,19,32,35H,13-18H2,(H,33,36)(H,34,37). The van der Waals surface area contributed by atoms with Gasteiger partial charge in [0, 0.05) is 12.1 Å².